The van der Waals surface area contributed by atoms with Crippen molar-refractivity contribution >= 4 is 33.7 Å². The van der Waals surface area contributed by atoms with Crippen LogP contribution < -0.4 is 10.7 Å². The van der Waals surface area contributed by atoms with Crippen LogP contribution in [0.5, 0.6) is 0 Å². The normalized spacial score (nSPS) is 15.7. The van der Waals surface area contributed by atoms with Gasteiger partial charge in [-0.2, -0.15) is 0 Å². The lowest BCUT2D eigenvalue weighted by Crippen LogP contribution is -2.24. The van der Waals surface area contributed by atoms with E-state index in [1.54, 1.807) is 0 Å². The number of rotatable bonds is 8. The van der Waals surface area contributed by atoms with E-state index in [9.17, 15) is 35.1 Å². The fourth-order valence-corrected chi connectivity index (χ4v) is 7.84. The van der Waals surface area contributed by atoms with Gasteiger partial charge in [0.1, 0.15) is 0 Å². The Morgan fingerprint density at radius 1 is 0.288 bits per heavy atom. The summed E-state index contributed by atoms with van der Waals surface area (Å²) in [5.74, 6) is -51.2. The molecule has 2 aliphatic heterocycles. The van der Waals surface area contributed by atoms with Gasteiger partial charge in [0, 0.05) is 56.8 Å². The van der Waals surface area contributed by atoms with E-state index in [4.69, 9.17) is 0 Å². The Kier molecular flexibility index (Phi) is 12.3. The summed E-state index contributed by atoms with van der Waals surface area (Å²) in [5, 5.41) is -1.93. The number of nitrogens with zero attached hydrogens (tertiary/aromatic N) is 2. The second-order valence-electron chi connectivity index (χ2n) is 15.2. The molecule has 372 valence electrons. The van der Waals surface area contributed by atoms with Crippen LogP contribution in [0.1, 0.15) is 33.6 Å². The molecule has 73 heavy (non-hydrogen) atoms. The van der Waals surface area contributed by atoms with Crippen molar-refractivity contribution in [3.8, 4) is 0 Å². The van der Waals surface area contributed by atoms with E-state index < -0.39 is 206 Å². The maximum Gasteiger partial charge on any atom is 0.200 e. The first-order chi connectivity index (χ1) is 34.6. The Balaban J connectivity index is 1.41. The number of halogens is 20. The van der Waals surface area contributed by atoms with Gasteiger partial charge in [0.05, 0.1) is 45.1 Å². The second kappa shape index (κ2) is 18.2. The minimum Gasteiger partial charge on any atom is -0.361 e. The van der Waals surface area contributed by atoms with Gasteiger partial charge in [0.25, 0.3) is 0 Å². The zero-order chi connectivity index (χ0) is 52.8. The van der Waals surface area contributed by atoms with Crippen LogP contribution in [0.15, 0.2) is 94.5 Å². The van der Waals surface area contributed by atoms with Crippen LogP contribution in [0, 0.1) is 116 Å². The molecule has 0 amide bonds. The molecule has 4 aromatic carbocycles. The summed E-state index contributed by atoms with van der Waals surface area (Å²) in [6.07, 6.45) is 4.94. The summed E-state index contributed by atoms with van der Waals surface area (Å²) >= 11 is 0. The van der Waals surface area contributed by atoms with Gasteiger partial charge < -0.3 is 15.0 Å². The minimum atomic E-state index is -2.73. The lowest BCUT2D eigenvalue weighted by Gasteiger charge is -2.14. The van der Waals surface area contributed by atoms with Crippen LogP contribution in [-0.2, 0) is 0 Å². The van der Waals surface area contributed by atoms with Gasteiger partial charge in [-0.15, -0.1) is 0 Å². The standard InChI is InChI=1S/C48H15F20N5/c49-29-25(30(50)38(58)45(65)37(29)57)21(13-3-1-11-69-13)15-5-7-17(71-15)23(27-33(53)41(61)47(67)42(62)34(27)54)19-9-10-20(73-19)24(28-35(55)43(63)48(68)44(64)36(28)56)18-8-6-16(72-18)22(14-4-2-12-70-14)26-31(51)39(59)46(66)40(60)32(26)52/h1-12,69-70,73H/b21-15-,22-16+,23-19+,24-20+. The molecule has 0 spiro atoms. The third-order valence-electron chi connectivity index (χ3n) is 11.1. The zero-order valence-corrected chi connectivity index (χ0v) is 34.9. The average molecular weight is 1040 g/mol. The van der Waals surface area contributed by atoms with E-state index in [1.165, 1.54) is 12.1 Å². The van der Waals surface area contributed by atoms with Crippen molar-refractivity contribution < 1.29 is 87.8 Å². The van der Waals surface area contributed by atoms with Gasteiger partial charge in [0.2, 0.25) is 23.3 Å². The number of aromatic nitrogens is 3. The molecule has 0 fully saturated rings. The van der Waals surface area contributed by atoms with Crippen LogP contribution in [0.3, 0.4) is 0 Å². The minimum absolute atomic E-state index is 0.451. The third kappa shape index (κ3) is 7.67. The summed E-state index contributed by atoms with van der Waals surface area (Å²) in [6.45, 7) is 0. The van der Waals surface area contributed by atoms with E-state index in [0.29, 0.717) is 36.4 Å². The first-order valence-electron chi connectivity index (χ1n) is 19.9. The van der Waals surface area contributed by atoms with Crippen molar-refractivity contribution in [3.05, 3.63) is 245 Å². The molecule has 0 aliphatic carbocycles. The molecule has 7 aromatic rings. The number of benzene rings is 4. The lowest BCUT2D eigenvalue weighted by molar-refractivity contribution is 0.376. The zero-order valence-electron chi connectivity index (χ0n) is 34.9. The maximum absolute atomic E-state index is 15.9. The Bertz CT molecular complexity index is 3530. The number of H-pyrrole nitrogens is 3. The Morgan fingerprint density at radius 3 is 0.781 bits per heavy atom. The van der Waals surface area contributed by atoms with Crippen molar-refractivity contribution in [2.45, 2.75) is 0 Å². The molecule has 0 saturated heterocycles. The topological polar surface area (TPSA) is 72.1 Å². The van der Waals surface area contributed by atoms with E-state index in [-0.39, 0.29) is 0 Å². The summed E-state index contributed by atoms with van der Waals surface area (Å²) < 4.78 is 301. The molecule has 2 aliphatic rings. The third-order valence-corrected chi connectivity index (χ3v) is 11.1. The molecular formula is C48H15F20N5. The van der Waals surface area contributed by atoms with Gasteiger partial charge >= 0.3 is 0 Å². The predicted octanol–water partition coefficient (Wildman–Crippen LogP) is 11.8. The summed E-state index contributed by atoms with van der Waals surface area (Å²) in [5.41, 5.74) is -16.1. The van der Waals surface area contributed by atoms with Crippen molar-refractivity contribution in [2.75, 3.05) is 0 Å². The Labute approximate surface area is 391 Å². The predicted molar refractivity (Wildman–Crippen MR) is 217 cm³/mol. The number of allylic oxidation sites excluding steroid dienone is 4. The summed E-state index contributed by atoms with van der Waals surface area (Å²) in [6, 6.07) is 5.62. The van der Waals surface area contributed by atoms with Gasteiger partial charge in [-0.3, -0.25) is 0 Å². The smallest absolute Gasteiger partial charge is 0.200 e. The number of hydrogen-bond acceptors (Lipinski definition) is 2. The van der Waals surface area contributed by atoms with Gasteiger partial charge in [0.15, 0.2) is 93.1 Å². The average Bonchev–Trinajstić information content (AvgIpc) is 4.26. The van der Waals surface area contributed by atoms with Crippen molar-refractivity contribution in [1.29, 1.82) is 0 Å². The largest absolute Gasteiger partial charge is 0.361 e. The van der Waals surface area contributed by atoms with Crippen molar-refractivity contribution in [3.63, 3.8) is 0 Å². The number of hydrogen-bond donors (Lipinski definition) is 3. The van der Waals surface area contributed by atoms with E-state index in [1.807, 2.05) is 0 Å². The van der Waals surface area contributed by atoms with Gasteiger partial charge in [-0.1, -0.05) is 0 Å². The monoisotopic (exact) mass is 1040 g/mol. The van der Waals surface area contributed by atoms with Crippen LogP contribution in [-0.4, -0.2) is 26.4 Å². The maximum atomic E-state index is 15.9. The molecule has 0 bridgehead atoms. The van der Waals surface area contributed by atoms with Crippen molar-refractivity contribution in [1.82, 2.24) is 15.0 Å². The fourth-order valence-electron chi connectivity index (χ4n) is 7.84. The molecule has 0 unspecified atom stereocenters. The summed E-state index contributed by atoms with van der Waals surface area (Å²) in [7, 11) is 0. The van der Waals surface area contributed by atoms with Gasteiger partial charge in [-0.25, -0.2) is 97.8 Å². The second-order valence-corrected chi connectivity index (χ2v) is 15.2. The number of aliphatic imine (C=N–C) groups is 2. The number of aromatic amines is 3. The molecule has 0 atom stereocenters. The Morgan fingerprint density at radius 2 is 0.534 bits per heavy atom. The fraction of sp³-hybridized carbons (Fsp3) is 0. The highest BCUT2D eigenvalue weighted by Crippen LogP contribution is 2.40. The molecule has 5 heterocycles. The molecule has 0 radical (unpaired) electrons. The quantitative estimate of drug-likeness (QED) is 0.0771. The Hall–Kier alpha value is -8.64. The molecular weight excluding hydrogens is 1030 g/mol. The van der Waals surface area contributed by atoms with E-state index in [0.717, 1.165) is 24.5 Å². The van der Waals surface area contributed by atoms with Crippen LogP contribution >= 0.6 is 0 Å². The SMILES string of the molecule is Fc1c(F)c(F)c(/C(=C2\C=CC(C(/c3c(F)c(F)c(F)c(F)c3F)=c3/cc/c(=C(C4=N/C(=C(/c5ccc[nH]5)c5c(F)c(F)c(F)c(F)c5F)C=C4)\c4c(F)c(F)c(F)c(F)c4F)[nH]3)=N2)c2ccc[nH]2)c(F)c1F. The molecule has 5 nitrogen and oxygen atoms in total. The van der Waals surface area contributed by atoms with Crippen molar-refractivity contribution in [2.24, 2.45) is 9.98 Å². The first-order valence-corrected chi connectivity index (χ1v) is 19.9. The highest BCUT2D eigenvalue weighted by atomic mass is 19.2. The lowest BCUT2D eigenvalue weighted by atomic mass is 9.98. The van der Waals surface area contributed by atoms with Crippen LogP contribution in [0.25, 0.3) is 22.3 Å². The van der Waals surface area contributed by atoms with Crippen LogP contribution in [0.4, 0.5) is 87.8 Å². The number of nitrogens with one attached hydrogen (secondary N) is 3. The first kappa shape index (κ1) is 49.3. The molecule has 25 heteroatoms. The molecule has 0 saturated carbocycles. The van der Waals surface area contributed by atoms with E-state index in [2.05, 4.69) is 24.9 Å². The van der Waals surface area contributed by atoms with Crippen LogP contribution in [0.2, 0.25) is 0 Å². The van der Waals surface area contributed by atoms with E-state index >= 15 is 52.7 Å². The molecule has 9 rings (SSSR count). The molecule has 3 N–H and O–H groups in total. The molecule has 3 aromatic heterocycles. The highest BCUT2D eigenvalue weighted by molar-refractivity contribution is 6.31. The summed E-state index contributed by atoms with van der Waals surface area (Å²) in [4.78, 5) is 15.1. The highest BCUT2D eigenvalue weighted by Gasteiger charge is 2.36. The van der Waals surface area contributed by atoms with Gasteiger partial charge in [-0.05, 0) is 60.7 Å².